The van der Waals surface area contributed by atoms with Gasteiger partial charge in [-0.25, -0.2) is 0 Å². The average molecular weight is 225 g/mol. The highest BCUT2D eigenvalue weighted by atomic mass is 16.1. The summed E-state index contributed by atoms with van der Waals surface area (Å²) >= 11 is 0. The van der Waals surface area contributed by atoms with Gasteiger partial charge in [0.1, 0.15) is 0 Å². The van der Waals surface area contributed by atoms with Crippen molar-refractivity contribution in [3.05, 3.63) is 65.5 Å². The molecule has 2 heteroatoms. The van der Waals surface area contributed by atoms with Crippen LogP contribution in [0.15, 0.2) is 48.8 Å². The number of pyridine rings is 1. The fourth-order valence-electron chi connectivity index (χ4n) is 1.79. The van der Waals surface area contributed by atoms with Crippen molar-refractivity contribution in [2.75, 3.05) is 0 Å². The highest BCUT2D eigenvalue weighted by molar-refractivity contribution is 5.97. The molecule has 1 heterocycles. The normalized spacial score (nSPS) is 10.2. The number of aromatic nitrogens is 1. The Morgan fingerprint density at radius 1 is 1.18 bits per heavy atom. The number of hydrogen-bond acceptors (Lipinski definition) is 2. The Kier molecular flexibility index (Phi) is 3.66. The van der Waals surface area contributed by atoms with Gasteiger partial charge >= 0.3 is 0 Å². The van der Waals surface area contributed by atoms with Gasteiger partial charge < -0.3 is 0 Å². The predicted octanol–water partition coefficient (Wildman–Crippen LogP) is 3.21. The van der Waals surface area contributed by atoms with Crippen LogP contribution in [-0.2, 0) is 6.42 Å². The molecule has 17 heavy (non-hydrogen) atoms. The summed E-state index contributed by atoms with van der Waals surface area (Å²) in [4.78, 5) is 16.0. The van der Waals surface area contributed by atoms with Crippen molar-refractivity contribution in [3.8, 4) is 0 Å². The van der Waals surface area contributed by atoms with Crippen molar-refractivity contribution in [2.24, 2.45) is 0 Å². The molecule has 0 N–H and O–H groups in total. The summed E-state index contributed by atoms with van der Waals surface area (Å²) < 4.78 is 0. The van der Waals surface area contributed by atoms with E-state index in [-0.39, 0.29) is 5.78 Å². The lowest BCUT2D eigenvalue weighted by Crippen LogP contribution is -2.04. The van der Waals surface area contributed by atoms with Gasteiger partial charge in [0.25, 0.3) is 0 Å². The molecule has 0 aliphatic rings. The molecule has 0 atom stereocenters. The molecule has 1 aromatic heterocycles. The molecule has 0 saturated heterocycles. The van der Waals surface area contributed by atoms with E-state index in [1.165, 1.54) is 5.56 Å². The highest BCUT2D eigenvalue weighted by Gasteiger charge is 2.08. The average Bonchev–Trinajstić information content (AvgIpc) is 2.38. The molecule has 0 radical (unpaired) electrons. The Morgan fingerprint density at radius 2 is 1.94 bits per heavy atom. The fourth-order valence-corrected chi connectivity index (χ4v) is 1.79. The van der Waals surface area contributed by atoms with Gasteiger partial charge in [-0.05, 0) is 30.5 Å². The smallest absolute Gasteiger partial charge is 0.165 e. The zero-order valence-corrected chi connectivity index (χ0v) is 9.89. The Hall–Kier alpha value is -1.96. The van der Waals surface area contributed by atoms with Gasteiger partial charge in [0.15, 0.2) is 5.78 Å². The van der Waals surface area contributed by atoms with Crippen molar-refractivity contribution < 1.29 is 4.79 Å². The van der Waals surface area contributed by atoms with Gasteiger partial charge in [0.2, 0.25) is 0 Å². The number of Topliss-reactive ketones (excluding diaryl/α,β-unsaturated/α-hetero) is 1. The monoisotopic (exact) mass is 225 g/mol. The fraction of sp³-hybridized carbons (Fsp3) is 0.200. The zero-order chi connectivity index (χ0) is 12.1. The van der Waals surface area contributed by atoms with E-state index in [0.29, 0.717) is 6.42 Å². The third-order valence-electron chi connectivity index (χ3n) is 2.82. The van der Waals surface area contributed by atoms with Crippen LogP contribution in [0.4, 0.5) is 0 Å². The number of ketones is 1. The van der Waals surface area contributed by atoms with Crippen LogP contribution in [0.1, 0.15) is 27.9 Å². The third kappa shape index (κ3) is 3.00. The van der Waals surface area contributed by atoms with Crippen LogP contribution >= 0.6 is 0 Å². The maximum atomic E-state index is 12.0. The lowest BCUT2D eigenvalue weighted by Gasteiger charge is -2.04. The van der Waals surface area contributed by atoms with E-state index in [2.05, 4.69) is 4.98 Å². The second-order valence-corrected chi connectivity index (χ2v) is 4.10. The van der Waals surface area contributed by atoms with Gasteiger partial charge in [0.05, 0.1) is 0 Å². The van der Waals surface area contributed by atoms with E-state index < -0.39 is 0 Å². The molecule has 0 aliphatic heterocycles. The Bertz CT molecular complexity index is 505. The van der Waals surface area contributed by atoms with Crippen LogP contribution in [0.25, 0.3) is 0 Å². The molecular formula is C15H15NO. The molecule has 2 rings (SSSR count). The van der Waals surface area contributed by atoms with Crippen molar-refractivity contribution in [3.63, 3.8) is 0 Å². The second kappa shape index (κ2) is 5.39. The molecular weight excluding hydrogens is 210 g/mol. The molecule has 1 aromatic carbocycles. The summed E-state index contributed by atoms with van der Waals surface area (Å²) in [6.45, 7) is 1.94. The SMILES string of the molecule is Cc1ccncc1C(=O)CCc1ccccc1. The van der Waals surface area contributed by atoms with E-state index in [9.17, 15) is 4.79 Å². The van der Waals surface area contributed by atoms with Crippen molar-refractivity contribution >= 4 is 5.78 Å². The first-order valence-corrected chi connectivity index (χ1v) is 5.75. The number of carbonyl (C=O) groups excluding carboxylic acids is 1. The van der Waals surface area contributed by atoms with E-state index in [4.69, 9.17) is 0 Å². The number of nitrogens with zero attached hydrogens (tertiary/aromatic N) is 1. The molecule has 2 aromatic rings. The minimum absolute atomic E-state index is 0.166. The summed E-state index contributed by atoms with van der Waals surface area (Å²) in [5.41, 5.74) is 2.93. The molecule has 0 fully saturated rings. The largest absolute Gasteiger partial charge is 0.294 e. The van der Waals surface area contributed by atoms with Crippen LogP contribution in [0.3, 0.4) is 0 Å². The quantitative estimate of drug-likeness (QED) is 0.748. The molecule has 0 unspecified atom stereocenters. The summed E-state index contributed by atoms with van der Waals surface area (Å²) in [6.07, 6.45) is 4.69. The van der Waals surface area contributed by atoms with E-state index >= 15 is 0 Å². The Morgan fingerprint density at radius 3 is 2.65 bits per heavy atom. The number of carbonyl (C=O) groups is 1. The predicted molar refractivity (Wildman–Crippen MR) is 68.1 cm³/mol. The molecule has 0 bridgehead atoms. The van der Waals surface area contributed by atoms with E-state index in [1.54, 1.807) is 12.4 Å². The number of benzene rings is 1. The summed E-state index contributed by atoms with van der Waals surface area (Å²) in [5, 5.41) is 0. The minimum atomic E-state index is 0.166. The van der Waals surface area contributed by atoms with Crippen LogP contribution in [0.5, 0.6) is 0 Å². The van der Waals surface area contributed by atoms with Gasteiger partial charge in [-0.3, -0.25) is 9.78 Å². The number of rotatable bonds is 4. The molecule has 0 aliphatic carbocycles. The van der Waals surface area contributed by atoms with Gasteiger partial charge in [-0.1, -0.05) is 30.3 Å². The van der Waals surface area contributed by atoms with Crippen LogP contribution < -0.4 is 0 Å². The highest BCUT2D eigenvalue weighted by Crippen LogP contribution is 2.11. The maximum absolute atomic E-state index is 12.0. The zero-order valence-electron chi connectivity index (χ0n) is 9.89. The van der Waals surface area contributed by atoms with E-state index in [1.807, 2.05) is 43.3 Å². The van der Waals surface area contributed by atoms with Gasteiger partial charge in [-0.15, -0.1) is 0 Å². The van der Waals surface area contributed by atoms with Gasteiger partial charge in [0, 0.05) is 24.4 Å². The standard InChI is InChI=1S/C15H15NO/c1-12-9-10-16-11-14(12)15(17)8-7-13-5-3-2-4-6-13/h2-6,9-11H,7-8H2,1H3. The summed E-state index contributed by atoms with van der Waals surface area (Å²) in [6, 6.07) is 11.9. The Balaban J connectivity index is 2.01. The second-order valence-electron chi connectivity index (χ2n) is 4.10. The van der Waals surface area contributed by atoms with Crippen molar-refractivity contribution in [1.29, 1.82) is 0 Å². The lowest BCUT2D eigenvalue weighted by atomic mass is 10.0. The topological polar surface area (TPSA) is 30.0 Å². The van der Waals surface area contributed by atoms with Crippen molar-refractivity contribution in [1.82, 2.24) is 4.98 Å². The third-order valence-corrected chi connectivity index (χ3v) is 2.82. The molecule has 0 amide bonds. The molecule has 2 nitrogen and oxygen atoms in total. The first-order valence-electron chi connectivity index (χ1n) is 5.75. The minimum Gasteiger partial charge on any atom is -0.294 e. The van der Waals surface area contributed by atoms with Crippen LogP contribution in [0, 0.1) is 6.92 Å². The summed E-state index contributed by atoms with van der Waals surface area (Å²) in [7, 11) is 0. The molecule has 0 spiro atoms. The maximum Gasteiger partial charge on any atom is 0.165 e. The number of aryl methyl sites for hydroxylation is 2. The lowest BCUT2D eigenvalue weighted by molar-refractivity contribution is 0.0982. The molecule has 0 saturated carbocycles. The van der Waals surface area contributed by atoms with Gasteiger partial charge in [-0.2, -0.15) is 0 Å². The Labute approximate surface area is 101 Å². The van der Waals surface area contributed by atoms with E-state index in [0.717, 1.165) is 17.5 Å². The van der Waals surface area contributed by atoms with Crippen LogP contribution in [0.2, 0.25) is 0 Å². The first kappa shape index (κ1) is 11.5. The summed E-state index contributed by atoms with van der Waals surface area (Å²) in [5.74, 6) is 0.166. The van der Waals surface area contributed by atoms with Crippen molar-refractivity contribution in [2.45, 2.75) is 19.8 Å². The first-order chi connectivity index (χ1) is 8.27. The number of hydrogen-bond donors (Lipinski definition) is 0. The van der Waals surface area contributed by atoms with Crippen LogP contribution in [-0.4, -0.2) is 10.8 Å². The molecule has 86 valence electrons.